The standard InChI is InChI=1S/C23H18N8O/c24-10-13-5-6-16-19(9-13)30(12-27-16)23-26-11-17-21(29-23)31(22(25)28-17)18-7-8-20(32)15-4-2-1-3-14(15)18/h1-6,9,11-12,18,20,32H,7-8H2,(H2,25,28)/t18-,20-/m1/s1. The third kappa shape index (κ3) is 2.67. The van der Waals surface area contributed by atoms with Crippen molar-refractivity contribution in [1.29, 1.82) is 5.26 Å². The Morgan fingerprint density at radius 2 is 1.88 bits per heavy atom. The average Bonchev–Trinajstić information content (AvgIpc) is 3.39. The van der Waals surface area contributed by atoms with Gasteiger partial charge in [0.15, 0.2) is 5.65 Å². The van der Waals surface area contributed by atoms with E-state index < -0.39 is 6.10 Å². The highest BCUT2D eigenvalue weighted by atomic mass is 16.3. The SMILES string of the molecule is N#Cc1ccc2ncn(-c3ncc4nc(N)n([C@@H]5CC[C@@H](O)c6ccccc65)c4n3)c2c1. The minimum Gasteiger partial charge on any atom is -0.388 e. The van der Waals surface area contributed by atoms with Crippen molar-refractivity contribution in [1.82, 2.24) is 29.1 Å². The van der Waals surface area contributed by atoms with Crippen LogP contribution in [0.3, 0.4) is 0 Å². The Kier molecular flexibility index (Phi) is 3.96. The second-order valence-electron chi connectivity index (χ2n) is 7.89. The minimum atomic E-state index is -0.490. The molecule has 1 aliphatic carbocycles. The largest absolute Gasteiger partial charge is 0.388 e. The van der Waals surface area contributed by atoms with Crippen molar-refractivity contribution in [3.05, 3.63) is 71.7 Å². The van der Waals surface area contributed by atoms with Crippen LogP contribution in [0.5, 0.6) is 0 Å². The molecule has 9 nitrogen and oxygen atoms in total. The van der Waals surface area contributed by atoms with Crippen LogP contribution in [0.1, 0.15) is 41.7 Å². The molecule has 6 rings (SSSR count). The molecule has 156 valence electrons. The van der Waals surface area contributed by atoms with Gasteiger partial charge in [-0.3, -0.25) is 9.13 Å². The van der Waals surface area contributed by atoms with E-state index in [0.29, 0.717) is 41.5 Å². The average molecular weight is 422 g/mol. The van der Waals surface area contributed by atoms with E-state index in [1.165, 1.54) is 0 Å². The number of nitrogen functional groups attached to an aromatic ring is 1. The van der Waals surface area contributed by atoms with Crippen LogP contribution in [0, 0.1) is 11.3 Å². The fraction of sp³-hybridized carbons (Fsp3) is 0.174. The predicted molar refractivity (Wildman–Crippen MR) is 118 cm³/mol. The van der Waals surface area contributed by atoms with Crippen LogP contribution in [0.15, 0.2) is 55.0 Å². The van der Waals surface area contributed by atoms with Crippen LogP contribution >= 0.6 is 0 Å². The number of aromatic nitrogens is 6. The lowest BCUT2D eigenvalue weighted by Gasteiger charge is -2.30. The number of imidazole rings is 2. The number of nitrogens with two attached hydrogens (primary N) is 1. The zero-order valence-corrected chi connectivity index (χ0v) is 16.9. The van der Waals surface area contributed by atoms with Gasteiger partial charge in [0.1, 0.15) is 11.8 Å². The lowest BCUT2D eigenvalue weighted by Crippen LogP contribution is -2.21. The second kappa shape index (κ2) is 6.87. The summed E-state index contributed by atoms with van der Waals surface area (Å²) in [5, 5.41) is 19.7. The number of nitrogens with zero attached hydrogens (tertiary/aromatic N) is 7. The van der Waals surface area contributed by atoms with Crippen molar-refractivity contribution >= 4 is 28.1 Å². The van der Waals surface area contributed by atoms with Gasteiger partial charge in [-0.2, -0.15) is 10.2 Å². The highest BCUT2D eigenvalue weighted by Crippen LogP contribution is 2.40. The molecule has 0 aliphatic heterocycles. The zero-order chi connectivity index (χ0) is 21.8. The topological polar surface area (TPSA) is 131 Å². The number of fused-ring (bicyclic) bond motifs is 3. The third-order valence-electron chi connectivity index (χ3n) is 6.08. The van der Waals surface area contributed by atoms with E-state index in [0.717, 1.165) is 22.2 Å². The second-order valence-corrected chi connectivity index (χ2v) is 7.89. The van der Waals surface area contributed by atoms with Gasteiger partial charge in [0.05, 0.1) is 41.0 Å². The molecule has 1 aliphatic rings. The first-order valence-electron chi connectivity index (χ1n) is 10.3. The molecular formula is C23H18N8O. The van der Waals surface area contributed by atoms with Gasteiger partial charge in [0.2, 0.25) is 11.9 Å². The van der Waals surface area contributed by atoms with Crippen molar-refractivity contribution in [2.24, 2.45) is 0 Å². The van der Waals surface area contributed by atoms with E-state index >= 15 is 0 Å². The molecule has 2 aromatic carbocycles. The van der Waals surface area contributed by atoms with E-state index in [-0.39, 0.29) is 6.04 Å². The van der Waals surface area contributed by atoms with Crippen LogP contribution in [0.2, 0.25) is 0 Å². The van der Waals surface area contributed by atoms with Gasteiger partial charge in [-0.15, -0.1) is 0 Å². The van der Waals surface area contributed by atoms with Crippen molar-refractivity contribution in [3.8, 4) is 12.0 Å². The number of rotatable bonds is 2. The van der Waals surface area contributed by atoms with Crippen LogP contribution in [0.25, 0.3) is 28.1 Å². The maximum atomic E-state index is 10.5. The molecule has 3 heterocycles. The van der Waals surface area contributed by atoms with Crippen LogP contribution < -0.4 is 5.73 Å². The predicted octanol–water partition coefficient (Wildman–Crippen LogP) is 3.04. The first-order chi connectivity index (χ1) is 15.6. The Hall–Kier alpha value is -4.29. The molecule has 0 spiro atoms. The maximum Gasteiger partial charge on any atom is 0.237 e. The van der Waals surface area contributed by atoms with E-state index in [1.54, 1.807) is 35.3 Å². The van der Waals surface area contributed by atoms with E-state index in [2.05, 4.69) is 21.0 Å². The molecule has 0 amide bonds. The van der Waals surface area contributed by atoms with Crippen LogP contribution in [-0.4, -0.2) is 34.2 Å². The Morgan fingerprint density at radius 3 is 2.72 bits per heavy atom. The fourth-order valence-corrected chi connectivity index (χ4v) is 4.57. The van der Waals surface area contributed by atoms with Gasteiger partial charge in [0.25, 0.3) is 0 Å². The first kappa shape index (κ1) is 18.5. The number of benzene rings is 2. The first-order valence-corrected chi connectivity index (χ1v) is 10.3. The maximum absolute atomic E-state index is 10.5. The highest BCUT2D eigenvalue weighted by molar-refractivity contribution is 5.79. The summed E-state index contributed by atoms with van der Waals surface area (Å²) >= 11 is 0. The van der Waals surface area contributed by atoms with E-state index in [9.17, 15) is 10.4 Å². The number of nitriles is 1. The normalized spacial score (nSPS) is 18.0. The van der Waals surface area contributed by atoms with Crippen molar-refractivity contribution in [2.45, 2.75) is 25.0 Å². The summed E-state index contributed by atoms with van der Waals surface area (Å²) < 4.78 is 3.67. The lowest BCUT2D eigenvalue weighted by molar-refractivity contribution is 0.148. The minimum absolute atomic E-state index is 0.0907. The van der Waals surface area contributed by atoms with Gasteiger partial charge in [0, 0.05) is 0 Å². The van der Waals surface area contributed by atoms with Crippen molar-refractivity contribution in [3.63, 3.8) is 0 Å². The molecule has 0 bridgehead atoms. The highest BCUT2D eigenvalue weighted by Gasteiger charge is 2.29. The lowest BCUT2D eigenvalue weighted by atomic mass is 9.85. The number of anilines is 1. The summed E-state index contributed by atoms with van der Waals surface area (Å²) in [4.78, 5) is 18.1. The molecule has 0 saturated carbocycles. The number of hydrogen-bond acceptors (Lipinski definition) is 7. The van der Waals surface area contributed by atoms with Crippen molar-refractivity contribution < 1.29 is 5.11 Å². The Bertz CT molecular complexity index is 1540. The Balaban J connectivity index is 1.54. The summed E-state index contributed by atoms with van der Waals surface area (Å²) in [5.74, 6) is 0.769. The molecule has 9 heteroatoms. The van der Waals surface area contributed by atoms with Gasteiger partial charge in [-0.1, -0.05) is 24.3 Å². The van der Waals surface area contributed by atoms with Crippen LogP contribution in [0.4, 0.5) is 5.95 Å². The van der Waals surface area contributed by atoms with E-state index in [1.807, 2.05) is 28.8 Å². The summed E-state index contributed by atoms with van der Waals surface area (Å²) in [7, 11) is 0. The smallest absolute Gasteiger partial charge is 0.237 e. The molecule has 0 radical (unpaired) electrons. The molecule has 32 heavy (non-hydrogen) atoms. The zero-order valence-electron chi connectivity index (χ0n) is 16.9. The molecular weight excluding hydrogens is 404 g/mol. The molecule has 3 N–H and O–H groups in total. The van der Waals surface area contributed by atoms with Gasteiger partial charge >= 0.3 is 0 Å². The monoisotopic (exact) mass is 422 g/mol. The molecule has 0 fully saturated rings. The third-order valence-corrected chi connectivity index (χ3v) is 6.08. The molecule has 3 aromatic heterocycles. The molecule has 0 unspecified atom stereocenters. The van der Waals surface area contributed by atoms with Gasteiger partial charge < -0.3 is 10.8 Å². The summed E-state index contributed by atoms with van der Waals surface area (Å²) in [6.07, 6.45) is 4.14. The number of aliphatic hydroxyl groups is 1. The summed E-state index contributed by atoms with van der Waals surface area (Å²) in [5.41, 5.74) is 11.5. The Labute approximate surface area is 182 Å². The van der Waals surface area contributed by atoms with Gasteiger partial charge in [-0.25, -0.2) is 15.0 Å². The molecule has 2 atom stereocenters. The van der Waals surface area contributed by atoms with Gasteiger partial charge in [-0.05, 0) is 42.2 Å². The fourth-order valence-electron chi connectivity index (χ4n) is 4.57. The molecule has 5 aromatic rings. The Morgan fingerprint density at radius 1 is 1.03 bits per heavy atom. The number of aliphatic hydroxyl groups excluding tert-OH is 1. The molecule has 0 saturated heterocycles. The quantitative estimate of drug-likeness (QED) is 0.447. The van der Waals surface area contributed by atoms with Crippen LogP contribution in [-0.2, 0) is 0 Å². The van der Waals surface area contributed by atoms with Crippen molar-refractivity contribution in [2.75, 3.05) is 5.73 Å². The number of hydrogen-bond donors (Lipinski definition) is 2. The van der Waals surface area contributed by atoms with E-state index in [4.69, 9.17) is 10.7 Å². The summed E-state index contributed by atoms with van der Waals surface area (Å²) in [6, 6.07) is 15.2. The summed E-state index contributed by atoms with van der Waals surface area (Å²) in [6.45, 7) is 0.